The van der Waals surface area contributed by atoms with Crippen molar-refractivity contribution in [3.8, 4) is 0 Å². The van der Waals surface area contributed by atoms with Crippen LogP contribution in [0.1, 0.15) is 55.8 Å². The molecule has 0 spiro atoms. The molecule has 5 rings (SSSR count). The van der Waals surface area contributed by atoms with Crippen molar-refractivity contribution in [1.29, 1.82) is 0 Å². The first-order valence-electron chi connectivity index (χ1n) is 8.60. The highest BCUT2D eigenvalue weighted by atomic mass is 35.5. The lowest BCUT2D eigenvalue weighted by Crippen LogP contribution is -2.55. The number of carbonyl (C=O) groups is 1. The molecule has 1 unspecified atom stereocenters. The van der Waals surface area contributed by atoms with Gasteiger partial charge >= 0.3 is 0 Å². The summed E-state index contributed by atoms with van der Waals surface area (Å²) >= 11 is 5.90. The molecule has 0 saturated heterocycles. The fourth-order valence-electron chi connectivity index (χ4n) is 5.74. The van der Waals surface area contributed by atoms with Gasteiger partial charge in [-0.3, -0.25) is 4.79 Å². The van der Waals surface area contributed by atoms with Crippen molar-refractivity contribution < 1.29 is 4.79 Å². The number of benzene rings is 1. The second-order valence-electron chi connectivity index (χ2n) is 7.98. The van der Waals surface area contributed by atoms with Crippen LogP contribution in [0.25, 0.3) is 0 Å². The molecule has 0 aliphatic heterocycles. The molecule has 0 heterocycles. The summed E-state index contributed by atoms with van der Waals surface area (Å²) in [5.74, 6) is 2.79. The maximum absolute atomic E-state index is 12.5. The largest absolute Gasteiger partial charge is 0.349 e. The van der Waals surface area contributed by atoms with E-state index in [-0.39, 0.29) is 11.9 Å². The quantitative estimate of drug-likeness (QED) is 0.862. The van der Waals surface area contributed by atoms with E-state index in [1.165, 1.54) is 38.5 Å². The second kappa shape index (κ2) is 5.26. The van der Waals surface area contributed by atoms with Crippen LogP contribution in [0.2, 0.25) is 5.02 Å². The molecular weight excluding hydrogens is 294 g/mol. The van der Waals surface area contributed by atoms with Gasteiger partial charge in [-0.1, -0.05) is 11.6 Å². The molecule has 2 nitrogen and oxygen atoms in total. The minimum absolute atomic E-state index is 0.0416. The number of rotatable bonds is 3. The number of nitrogens with one attached hydrogen (secondary N) is 1. The van der Waals surface area contributed by atoms with Gasteiger partial charge in [0.25, 0.3) is 5.91 Å². The highest BCUT2D eigenvalue weighted by Crippen LogP contribution is 2.61. The molecule has 3 heteroatoms. The molecule has 0 radical (unpaired) electrons. The molecule has 1 N–H and O–H groups in total. The van der Waals surface area contributed by atoms with Crippen molar-refractivity contribution >= 4 is 17.5 Å². The molecular formula is C19H24ClNO. The number of halogens is 1. The summed E-state index contributed by atoms with van der Waals surface area (Å²) in [4.78, 5) is 12.5. The van der Waals surface area contributed by atoms with Crippen LogP contribution < -0.4 is 5.32 Å². The summed E-state index contributed by atoms with van der Waals surface area (Å²) in [5, 5.41) is 3.96. The Hall–Kier alpha value is -1.02. The summed E-state index contributed by atoms with van der Waals surface area (Å²) in [7, 11) is 0. The SMILES string of the molecule is CC(NC(=O)c1ccc(Cl)cc1)C12CC3CC(CC(C3)C1)C2. The average Bonchev–Trinajstić information content (AvgIpc) is 2.46. The highest BCUT2D eigenvalue weighted by molar-refractivity contribution is 6.30. The van der Waals surface area contributed by atoms with Crippen molar-refractivity contribution in [2.75, 3.05) is 0 Å². The van der Waals surface area contributed by atoms with E-state index >= 15 is 0 Å². The zero-order chi connectivity index (χ0) is 15.3. The Morgan fingerprint density at radius 1 is 1.09 bits per heavy atom. The predicted octanol–water partition coefficient (Wildman–Crippen LogP) is 4.67. The molecule has 4 aliphatic rings. The molecule has 118 valence electrons. The second-order valence-corrected chi connectivity index (χ2v) is 8.42. The molecule has 1 atom stereocenters. The monoisotopic (exact) mass is 317 g/mol. The number of carbonyl (C=O) groups excluding carboxylic acids is 1. The molecule has 4 saturated carbocycles. The maximum Gasteiger partial charge on any atom is 0.251 e. The van der Waals surface area contributed by atoms with E-state index < -0.39 is 0 Å². The minimum atomic E-state index is 0.0416. The van der Waals surface area contributed by atoms with Crippen molar-refractivity contribution in [2.45, 2.75) is 51.5 Å². The number of hydrogen-bond donors (Lipinski definition) is 1. The molecule has 1 aromatic rings. The van der Waals surface area contributed by atoms with E-state index in [2.05, 4.69) is 12.2 Å². The molecule has 1 amide bonds. The summed E-state index contributed by atoms with van der Waals surface area (Å²) in [6, 6.07) is 7.45. The smallest absolute Gasteiger partial charge is 0.251 e. The molecule has 4 aliphatic carbocycles. The van der Waals surface area contributed by atoms with Crippen LogP contribution in [0.15, 0.2) is 24.3 Å². The van der Waals surface area contributed by atoms with Crippen molar-refractivity contribution in [1.82, 2.24) is 5.32 Å². The van der Waals surface area contributed by atoms with Crippen molar-refractivity contribution in [3.05, 3.63) is 34.9 Å². The van der Waals surface area contributed by atoms with Crippen LogP contribution in [0.3, 0.4) is 0 Å². The Balaban J connectivity index is 1.49. The van der Waals surface area contributed by atoms with Gasteiger partial charge in [0, 0.05) is 16.6 Å². The first-order valence-corrected chi connectivity index (χ1v) is 8.98. The van der Waals surface area contributed by atoms with Crippen LogP contribution in [0.5, 0.6) is 0 Å². The van der Waals surface area contributed by atoms with Gasteiger partial charge in [0.1, 0.15) is 0 Å². The lowest BCUT2D eigenvalue weighted by atomic mass is 9.48. The van der Waals surface area contributed by atoms with Crippen molar-refractivity contribution in [3.63, 3.8) is 0 Å². The Bertz CT molecular complexity index is 544. The summed E-state index contributed by atoms with van der Waals surface area (Å²) in [5.41, 5.74) is 1.07. The lowest BCUT2D eigenvalue weighted by molar-refractivity contribution is -0.0688. The molecule has 4 fully saturated rings. The van der Waals surface area contributed by atoms with Gasteiger partial charge in [-0.15, -0.1) is 0 Å². The Labute approximate surface area is 137 Å². The molecule has 0 aromatic heterocycles. The van der Waals surface area contributed by atoms with Gasteiger partial charge in [0.05, 0.1) is 0 Å². The standard InChI is InChI=1S/C19H24ClNO/c1-12(21-18(22)16-2-4-17(20)5-3-16)19-9-13-6-14(10-19)8-15(7-13)11-19/h2-5,12-15H,6-11H2,1H3,(H,21,22). The van der Waals surface area contributed by atoms with Gasteiger partial charge < -0.3 is 5.32 Å². The Morgan fingerprint density at radius 3 is 2.09 bits per heavy atom. The van der Waals surface area contributed by atoms with E-state index in [4.69, 9.17) is 11.6 Å². The zero-order valence-electron chi connectivity index (χ0n) is 13.1. The third-order valence-corrected chi connectivity index (χ3v) is 6.71. The van der Waals surface area contributed by atoms with Gasteiger partial charge in [-0.05, 0) is 92.9 Å². The third-order valence-electron chi connectivity index (χ3n) is 6.46. The average molecular weight is 318 g/mol. The van der Waals surface area contributed by atoms with E-state index in [1.807, 2.05) is 12.1 Å². The van der Waals surface area contributed by atoms with Crippen LogP contribution in [-0.4, -0.2) is 11.9 Å². The first-order chi connectivity index (χ1) is 10.5. The van der Waals surface area contributed by atoms with Crippen molar-refractivity contribution in [2.24, 2.45) is 23.2 Å². The van der Waals surface area contributed by atoms with E-state index in [9.17, 15) is 4.79 Å². The highest BCUT2D eigenvalue weighted by Gasteiger charge is 2.53. The minimum Gasteiger partial charge on any atom is -0.349 e. The normalized spacial score (nSPS) is 37.1. The van der Waals surface area contributed by atoms with Crippen LogP contribution in [0, 0.1) is 23.2 Å². The number of hydrogen-bond acceptors (Lipinski definition) is 1. The van der Waals surface area contributed by atoms with Crippen LogP contribution >= 0.6 is 11.6 Å². The Morgan fingerprint density at radius 2 is 1.59 bits per heavy atom. The Kier molecular flexibility index (Phi) is 3.48. The summed E-state index contributed by atoms with van der Waals surface area (Å²) in [6.07, 6.45) is 8.29. The fraction of sp³-hybridized carbons (Fsp3) is 0.632. The van der Waals surface area contributed by atoms with Gasteiger partial charge in [-0.25, -0.2) is 0 Å². The first kappa shape index (κ1) is 14.6. The van der Waals surface area contributed by atoms with Gasteiger partial charge in [-0.2, -0.15) is 0 Å². The number of amides is 1. The van der Waals surface area contributed by atoms with Crippen LogP contribution in [-0.2, 0) is 0 Å². The lowest BCUT2D eigenvalue weighted by Gasteiger charge is -2.59. The third kappa shape index (κ3) is 2.46. The molecule has 22 heavy (non-hydrogen) atoms. The topological polar surface area (TPSA) is 29.1 Å². The van der Waals surface area contributed by atoms with E-state index in [0.29, 0.717) is 16.0 Å². The molecule has 4 bridgehead atoms. The maximum atomic E-state index is 12.5. The van der Waals surface area contributed by atoms with Gasteiger partial charge in [0.2, 0.25) is 0 Å². The predicted molar refractivity (Wildman–Crippen MR) is 89.0 cm³/mol. The van der Waals surface area contributed by atoms with Gasteiger partial charge in [0.15, 0.2) is 0 Å². The fourth-order valence-corrected chi connectivity index (χ4v) is 5.87. The molecule has 1 aromatic carbocycles. The van der Waals surface area contributed by atoms with E-state index in [1.54, 1.807) is 12.1 Å². The zero-order valence-corrected chi connectivity index (χ0v) is 13.9. The van der Waals surface area contributed by atoms with E-state index in [0.717, 1.165) is 17.8 Å². The summed E-state index contributed by atoms with van der Waals surface area (Å²) < 4.78 is 0. The summed E-state index contributed by atoms with van der Waals surface area (Å²) in [6.45, 7) is 2.22. The van der Waals surface area contributed by atoms with Crippen LogP contribution in [0.4, 0.5) is 0 Å².